The highest BCUT2D eigenvalue weighted by Gasteiger charge is 2.16. The molecule has 1 amide bonds. The van der Waals surface area contributed by atoms with Crippen LogP contribution < -0.4 is 10.6 Å². The van der Waals surface area contributed by atoms with Crippen LogP contribution in [0.25, 0.3) is 0 Å². The van der Waals surface area contributed by atoms with Crippen molar-refractivity contribution in [3.8, 4) is 0 Å². The number of nitro groups is 1. The Labute approximate surface area is 119 Å². The van der Waals surface area contributed by atoms with E-state index in [9.17, 15) is 19.3 Å². The number of amides is 1. The zero-order chi connectivity index (χ0) is 15.2. The number of carbonyl (C=O) groups is 1. The second-order valence-corrected chi connectivity index (χ2v) is 4.19. The van der Waals surface area contributed by atoms with E-state index in [1.54, 1.807) is 12.1 Å². The molecule has 108 valence electrons. The highest BCUT2D eigenvalue weighted by atomic mass is 19.1. The minimum Gasteiger partial charge on any atom is -0.376 e. The maximum atomic E-state index is 13.0. The lowest BCUT2D eigenvalue weighted by Crippen LogP contribution is -2.22. The van der Waals surface area contributed by atoms with E-state index in [2.05, 4.69) is 10.6 Å². The molecule has 0 aliphatic heterocycles. The molecule has 7 heteroatoms. The summed E-state index contributed by atoms with van der Waals surface area (Å²) in [6.07, 6.45) is 0. The molecule has 0 aliphatic carbocycles. The molecule has 2 aromatic rings. The number of carbonyl (C=O) groups excluding carboxylic acids is 1. The van der Waals surface area contributed by atoms with Crippen LogP contribution in [0.5, 0.6) is 0 Å². The van der Waals surface area contributed by atoms with Crippen LogP contribution in [0.2, 0.25) is 0 Å². The Hall–Kier alpha value is -2.96. The van der Waals surface area contributed by atoms with Gasteiger partial charge in [-0.05, 0) is 24.3 Å². The molecule has 0 atom stereocenters. The van der Waals surface area contributed by atoms with E-state index in [0.29, 0.717) is 0 Å². The summed E-state index contributed by atoms with van der Waals surface area (Å²) in [7, 11) is 0. The van der Waals surface area contributed by atoms with Gasteiger partial charge in [-0.1, -0.05) is 18.2 Å². The van der Waals surface area contributed by atoms with Crippen LogP contribution in [-0.2, 0) is 4.79 Å². The smallest absolute Gasteiger partial charge is 0.295 e. The molecule has 2 aromatic carbocycles. The van der Waals surface area contributed by atoms with Gasteiger partial charge in [-0.15, -0.1) is 0 Å². The van der Waals surface area contributed by atoms with Gasteiger partial charge in [-0.3, -0.25) is 14.9 Å². The molecule has 0 radical (unpaired) electrons. The molecule has 0 saturated heterocycles. The summed E-state index contributed by atoms with van der Waals surface area (Å²) in [5.74, 6) is -1.20. The molecule has 0 aliphatic rings. The number of rotatable bonds is 5. The maximum Gasteiger partial charge on any atom is 0.295 e. The van der Waals surface area contributed by atoms with Gasteiger partial charge in [0.05, 0.1) is 17.5 Å². The van der Waals surface area contributed by atoms with Crippen LogP contribution in [-0.4, -0.2) is 17.4 Å². The fraction of sp³-hybridized carbons (Fsp3) is 0.0714. The summed E-state index contributed by atoms with van der Waals surface area (Å²) in [5.41, 5.74) is 0.227. The number of hydrogen-bond donors (Lipinski definition) is 2. The Morgan fingerprint density at radius 1 is 1.19 bits per heavy atom. The van der Waals surface area contributed by atoms with Crippen molar-refractivity contribution in [2.24, 2.45) is 0 Å². The van der Waals surface area contributed by atoms with Gasteiger partial charge in [-0.2, -0.15) is 0 Å². The summed E-state index contributed by atoms with van der Waals surface area (Å²) in [6.45, 7) is -0.0570. The van der Waals surface area contributed by atoms with Gasteiger partial charge in [0.1, 0.15) is 11.5 Å². The Morgan fingerprint density at radius 2 is 1.90 bits per heavy atom. The first-order valence-electron chi connectivity index (χ1n) is 6.09. The van der Waals surface area contributed by atoms with E-state index in [1.165, 1.54) is 0 Å². The normalized spacial score (nSPS) is 9.95. The number of halogens is 1. The zero-order valence-electron chi connectivity index (χ0n) is 10.9. The summed E-state index contributed by atoms with van der Waals surface area (Å²) >= 11 is 0. The van der Waals surface area contributed by atoms with Crippen LogP contribution in [0.4, 0.5) is 21.5 Å². The first-order valence-corrected chi connectivity index (χ1v) is 6.09. The fourth-order valence-corrected chi connectivity index (χ4v) is 1.69. The Kier molecular flexibility index (Phi) is 4.45. The summed E-state index contributed by atoms with van der Waals surface area (Å²) in [5, 5.41) is 16.1. The molecule has 0 bridgehead atoms. The molecule has 0 spiro atoms. The van der Waals surface area contributed by atoms with Crippen LogP contribution in [0.3, 0.4) is 0 Å². The van der Waals surface area contributed by atoms with Crippen molar-refractivity contribution in [2.75, 3.05) is 17.2 Å². The predicted molar refractivity (Wildman–Crippen MR) is 76.6 cm³/mol. The average Bonchev–Trinajstić information content (AvgIpc) is 2.48. The van der Waals surface area contributed by atoms with Gasteiger partial charge in [-0.25, -0.2) is 4.39 Å². The second kappa shape index (κ2) is 6.47. The minimum atomic E-state index is -0.747. The monoisotopic (exact) mass is 289 g/mol. The predicted octanol–water partition coefficient (Wildman–Crippen LogP) is 2.78. The van der Waals surface area contributed by atoms with Gasteiger partial charge in [0, 0.05) is 5.69 Å². The fourth-order valence-electron chi connectivity index (χ4n) is 1.69. The van der Waals surface area contributed by atoms with E-state index >= 15 is 0 Å². The van der Waals surface area contributed by atoms with Crippen molar-refractivity contribution < 1.29 is 14.1 Å². The molecular weight excluding hydrogens is 277 g/mol. The van der Waals surface area contributed by atoms with E-state index in [0.717, 1.165) is 23.9 Å². The van der Waals surface area contributed by atoms with Gasteiger partial charge in [0.25, 0.3) is 5.69 Å². The van der Waals surface area contributed by atoms with Crippen molar-refractivity contribution in [1.29, 1.82) is 0 Å². The molecule has 6 nitrogen and oxygen atoms in total. The van der Waals surface area contributed by atoms with Crippen LogP contribution in [0.15, 0.2) is 48.5 Å². The third kappa shape index (κ3) is 4.00. The van der Waals surface area contributed by atoms with Crippen LogP contribution >= 0.6 is 0 Å². The largest absolute Gasteiger partial charge is 0.376 e. The van der Waals surface area contributed by atoms with Gasteiger partial charge in [0.2, 0.25) is 5.91 Å². The van der Waals surface area contributed by atoms with Gasteiger partial charge in [0.15, 0.2) is 0 Å². The SMILES string of the molecule is O=C(CNc1ccccc1)Nc1ccc(F)cc1[N+](=O)[O-]. The Bertz CT molecular complexity index is 662. The topological polar surface area (TPSA) is 84.3 Å². The third-order valence-electron chi connectivity index (χ3n) is 2.66. The number of benzene rings is 2. The van der Waals surface area contributed by atoms with Crippen molar-refractivity contribution in [2.45, 2.75) is 0 Å². The molecule has 0 fully saturated rings. The number of anilines is 2. The standard InChI is InChI=1S/C14H12FN3O3/c15-10-6-7-12(13(8-10)18(20)21)17-14(19)9-16-11-4-2-1-3-5-11/h1-8,16H,9H2,(H,17,19). The van der Waals surface area contributed by atoms with Crippen molar-refractivity contribution in [3.63, 3.8) is 0 Å². The first-order chi connectivity index (χ1) is 10.1. The van der Waals surface area contributed by atoms with E-state index < -0.39 is 22.3 Å². The minimum absolute atomic E-state index is 0.0405. The van der Waals surface area contributed by atoms with E-state index in [1.807, 2.05) is 18.2 Å². The summed E-state index contributed by atoms with van der Waals surface area (Å²) in [6, 6.07) is 12.0. The lowest BCUT2D eigenvalue weighted by atomic mass is 10.2. The number of para-hydroxylation sites is 1. The van der Waals surface area contributed by atoms with Crippen LogP contribution in [0.1, 0.15) is 0 Å². The Morgan fingerprint density at radius 3 is 2.57 bits per heavy atom. The average molecular weight is 289 g/mol. The third-order valence-corrected chi connectivity index (χ3v) is 2.66. The molecular formula is C14H12FN3O3. The van der Waals surface area contributed by atoms with Crippen LogP contribution in [0, 0.1) is 15.9 Å². The van der Waals surface area contributed by atoms with Crippen molar-refractivity contribution in [3.05, 3.63) is 64.5 Å². The summed E-state index contributed by atoms with van der Waals surface area (Å²) < 4.78 is 13.0. The number of hydrogen-bond acceptors (Lipinski definition) is 4. The molecule has 0 unspecified atom stereocenters. The lowest BCUT2D eigenvalue weighted by Gasteiger charge is -2.08. The van der Waals surface area contributed by atoms with Gasteiger partial charge >= 0.3 is 0 Å². The first kappa shape index (κ1) is 14.4. The molecule has 21 heavy (non-hydrogen) atoms. The molecule has 0 saturated carbocycles. The molecule has 0 heterocycles. The number of nitrogens with zero attached hydrogens (tertiary/aromatic N) is 1. The van der Waals surface area contributed by atoms with Crippen molar-refractivity contribution >= 4 is 23.0 Å². The highest BCUT2D eigenvalue weighted by Crippen LogP contribution is 2.24. The maximum absolute atomic E-state index is 13.0. The lowest BCUT2D eigenvalue weighted by molar-refractivity contribution is -0.384. The zero-order valence-corrected chi connectivity index (χ0v) is 10.9. The van der Waals surface area contributed by atoms with Crippen molar-refractivity contribution in [1.82, 2.24) is 0 Å². The second-order valence-electron chi connectivity index (χ2n) is 4.19. The van der Waals surface area contributed by atoms with E-state index in [-0.39, 0.29) is 12.2 Å². The summed E-state index contributed by atoms with van der Waals surface area (Å²) in [4.78, 5) is 21.8. The number of nitrogens with one attached hydrogen (secondary N) is 2. The molecule has 0 aromatic heterocycles. The highest BCUT2D eigenvalue weighted by molar-refractivity contribution is 5.95. The van der Waals surface area contributed by atoms with Gasteiger partial charge < -0.3 is 10.6 Å². The molecule has 2 N–H and O–H groups in total. The quantitative estimate of drug-likeness (QED) is 0.654. The van der Waals surface area contributed by atoms with E-state index in [4.69, 9.17) is 0 Å². The number of nitro benzene ring substituents is 1. The molecule has 2 rings (SSSR count). The Balaban J connectivity index is 2.01.